The summed E-state index contributed by atoms with van der Waals surface area (Å²) in [5, 5.41) is 10.1. The fourth-order valence-electron chi connectivity index (χ4n) is 2.36. The summed E-state index contributed by atoms with van der Waals surface area (Å²) in [6.45, 7) is 2.94. The lowest BCUT2D eigenvalue weighted by molar-refractivity contribution is 0.122. The van der Waals surface area contributed by atoms with E-state index < -0.39 is 0 Å². The molecule has 1 N–H and O–H groups in total. The van der Waals surface area contributed by atoms with Crippen LogP contribution in [0.3, 0.4) is 0 Å². The quantitative estimate of drug-likeness (QED) is 0.808. The molecule has 6 heteroatoms. The van der Waals surface area contributed by atoms with Crippen molar-refractivity contribution in [2.75, 3.05) is 31.2 Å². The van der Waals surface area contributed by atoms with E-state index in [2.05, 4.69) is 9.88 Å². The molecular weight excluding hydrogens is 246 g/mol. The Bertz CT molecular complexity index is 675. The van der Waals surface area contributed by atoms with Gasteiger partial charge in [-0.05, 0) is 6.07 Å². The summed E-state index contributed by atoms with van der Waals surface area (Å²) in [6, 6.07) is 3.56. The van der Waals surface area contributed by atoms with Crippen LogP contribution in [0.15, 0.2) is 23.1 Å². The van der Waals surface area contributed by atoms with Gasteiger partial charge in [0, 0.05) is 31.9 Å². The summed E-state index contributed by atoms with van der Waals surface area (Å²) >= 11 is 0. The number of ether oxygens (including phenoxy) is 1. The van der Waals surface area contributed by atoms with Gasteiger partial charge in [0.1, 0.15) is 11.3 Å². The molecule has 1 saturated heterocycles. The predicted octanol–water partition coefficient (Wildman–Crippen LogP) is 0.476. The van der Waals surface area contributed by atoms with Gasteiger partial charge in [0.05, 0.1) is 24.9 Å². The van der Waals surface area contributed by atoms with Crippen molar-refractivity contribution in [3.05, 3.63) is 28.7 Å². The molecule has 1 aromatic heterocycles. The van der Waals surface area contributed by atoms with Gasteiger partial charge in [-0.1, -0.05) is 0 Å². The van der Waals surface area contributed by atoms with Crippen LogP contribution >= 0.6 is 0 Å². The molecule has 19 heavy (non-hydrogen) atoms. The zero-order chi connectivity index (χ0) is 13.4. The molecule has 1 fully saturated rings. The Kier molecular flexibility index (Phi) is 2.87. The number of phenolic OH excluding ortho intramolecular Hbond substituents is 1. The second-order valence-corrected chi connectivity index (χ2v) is 4.59. The normalized spacial score (nSPS) is 15.9. The number of benzene rings is 1. The Balaban J connectivity index is 2.14. The topological polar surface area (TPSA) is 67.6 Å². The van der Waals surface area contributed by atoms with Crippen LogP contribution in [-0.2, 0) is 11.8 Å². The van der Waals surface area contributed by atoms with Gasteiger partial charge in [0.15, 0.2) is 0 Å². The summed E-state index contributed by atoms with van der Waals surface area (Å²) in [5.74, 6) is 0.0756. The van der Waals surface area contributed by atoms with Gasteiger partial charge in [0.25, 0.3) is 5.56 Å². The zero-order valence-corrected chi connectivity index (χ0v) is 10.7. The van der Waals surface area contributed by atoms with E-state index in [1.807, 2.05) is 6.07 Å². The van der Waals surface area contributed by atoms with Gasteiger partial charge < -0.3 is 19.3 Å². The standard InChI is InChI=1S/C13H15N3O3/c1-15-12(18)8-14-10-6-9(7-11(17)13(10)15)16-2-4-19-5-3-16/h6-8,17H,2-5H2,1H3. The van der Waals surface area contributed by atoms with Crippen molar-refractivity contribution in [2.45, 2.75) is 0 Å². The molecule has 2 heterocycles. The molecule has 2 aromatic rings. The largest absolute Gasteiger partial charge is 0.506 e. The van der Waals surface area contributed by atoms with Crippen molar-refractivity contribution in [3.63, 3.8) is 0 Å². The van der Waals surface area contributed by atoms with Crippen LogP contribution < -0.4 is 10.5 Å². The highest BCUT2D eigenvalue weighted by atomic mass is 16.5. The number of phenols is 1. The number of aromatic hydroxyl groups is 1. The summed E-state index contributed by atoms with van der Waals surface area (Å²) in [5.41, 5.74) is 1.74. The van der Waals surface area contributed by atoms with E-state index in [9.17, 15) is 9.90 Å². The fourth-order valence-corrected chi connectivity index (χ4v) is 2.36. The Hall–Kier alpha value is -2.08. The summed E-state index contributed by atoms with van der Waals surface area (Å²) < 4.78 is 6.71. The second kappa shape index (κ2) is 4.55. The van der Waals surface area contributed by atoms with Gasteiger partial charge in [-0.3, -0.25) is 4.79 Å². The van der Waals surface area contributed by atoms with Gasteiger partial charge in [-0.2, -0.15) is 0 Å². The van der Waals surface area contributed by atoms with Crippen molar-refractivity contribution < 1.29 is 9.84 Å². The molecule has 0 aliphatic carbocycles. The average molecular weight is 261 g/mol. The zero-order valence-electron chi connectivity index (χ0n) is 10.7. The molecule has 100 valence electrons. The summed E-state index contributed by atoms with van der Waals surface area (Å²) in [6.07, 6.45) is 1.27. The smallest absolute Gasteiger partial charge is 0.269 e. The summed E-state index contributed by atoms with van der Waals surface area (Å²) in [4.78, 5) is 17.8. The molecule has 3 rings (SSSR count). The first kappa shape index (κ1) is 12.0. The predicted molar refractivity (Wildman–Crippen MR) is 71.7 cm³/mol. The molecule has 0 saturated carbocycles. The average Bonchev–Trinajstić information content (AvgIpc) is 2.43. The second-order valence-electron chi connectivity index (χ2n) is 4.59. The van der Waals surface area contributed by atoms with Crippen molar-refractivity contribution >= 4 is 16.7 Å². The van der Waals surface area contributed by atoms with E-state index in [4.69, 9.17) is 4.74 Å². The van der Waals surface area contributed by atoms with Crippen LogP contribution in [0.5, 0.6) is 5.75 Å². The van der Waals surface area contributed by atoms with E-state index in [1.54, 1.807) is 13.1 Å². The maximum Gasteiger partial charge on any atom is 0.269 e. The Morgan fingerprint density at radius 3 is 2.79 bits per heavy atom. The van der Waals surface area contributed by atoms with Crippen molar-refractivity contribution in [1.82, 2.24) is 9.55 Å². The van der Waals surface area contributed by atoms with Crippen LogP contribution in [0, 0.1) is 0 Å². The maximum atomic E-state index is 11.5. The molecule has 1 aromatic carbocycles. The number of fused-ring (bicyclic) bond motifs is 1. The first-order valence-corrected chi connectivity index (χ1v) is 6.18. The molecule has 0 bridgehead atoms. The van der Waals surface area contributed by atoms with E-state index in [0.717, 1.165) is 18.8 Å². The SMILES string of the molecule is Cn1c(=O)cnc2cc(N3CCOCC3)cc(O)c21. The fraction of sp³-hybridized carbons (Fsp3) is 0.385. The first-order chi connectivity index (χ1) is 9.16. The molecule has 0 spiro atoms. The molecule has 1 aliphatic heterocycles. The van der Waals surface area contributed by atoms with Crippen molar-refractivity contribution in [2.24, 2.45) is 7.05 Å². The summed E-state index contributed by atoms with van der Waals surface area (Å²) in [7, 11) is 1.63. The first-order valence-electron chi connectivity index (χ1n) is 6.18. The molecule has 1 aliphatic rings. The van der Waals surface area contributed by atoms with E-state index in [0.29, 0.717) is 24.2 Å². The van der Waals surface area contributed by atoms with Crippen molar-refractivity contribution in [1.29, 1.82) is 0 Å². The molecule has 0 unspecified atom stereocenters. The molecule has 0 radical (unpaired) electrons. The van der Waals surface area contributed by atoms with E-state index >= 15 is 0 Å². The third-order valence-electron chi connectivity index (χ3n) is 3.41. The number of hydrogen-bond donors (Lipinski definition) is 1. The van der Waals surface area contributed by atoms with Gasteiger partial charge in [-0.15, -0.1) is 0 Å². The lowest BCUT2D eigenvalue weighted by Gasteiger charge is -2.29. The van der Waals surface area contributed by atoms with Crippen LogP contribution in [-0.4, -0.2) is 41.0 Å². The molecule has 0 amide bonds. The number of nitrogens with zero attached hydrogens (tertiary/aromatic N) is 3. The highest BCUT2D eigenvalue weighted by Gasteiger charge is 2.15. The van der Waals surface area contributed by atoms with Gasteiger partial charge >= 0.3 is 0 Å². The van der Waals surface area contributed by atoms with E-state index in [-0.39, 0.29) is 11.3 Å². The van der Waals surface area contributed by atoms with Crippen LogP contribution in [0.4, 0.5) is 5.69 Å². The Morgan fingerprint density at radius 2 is 2.05 bits per heavy atom. The Labute approximate surface area is 109 Å². The minimum atomic E-state index is -0.234. The van der Waals surface area contributed by atoms with E-state index in [1.165, 1.54) is 10.8 Å². The Morgan fingerprint density at radius 1 is 1.32 bits per heavy atom. The van der Waals surface area contributed by atoms with Crippen molar-refractivity contribution in [3.8, 4) is 5.75 Å². The third-order valence-corrected chi connectivity index (χ3v) is 3.41. The molecular formula is C13H15N3O3. The number of rotatable bonds is 1. The number of morpholine rings is 1. The highest BCUT2D eigenvalue weighted by Crippen LogP contribution is 2.29. The molecule has 0 atom stereocenters. The number of aryl methyl sites for hydroxylation is 1. The van der Waals surface area contributed by atoms with Gasteiger partial charge in [-0.25, -0.2) is 4.98 Å². The maximum absolute atomic E-state index is 11.5. The van der Waals surface area contributed by atoms with Gasteiger partial charge in [0.2, 0.25) is 0 Å². The van der Waals surface area contributed by atoms with Crippen LogP contribution in [0.2, 0.25) is 0 Å². The lowest BCUT2D eigenvalue weighted by Crippen LogP contribution is -2.36. The monoisotopic (exact) mass is 261 g/mol. The number of anilines is 1. The minimum Gasteiger partial charge on any atom is -0.506 e. The molecule has 6 nitrogen and oxygen atoms in total. The number of hydrogen-bond acceptors (Lipinski definition) is 5. The third kappa shape index (κ3) is 2.04. The van der Waals surface area contributed by atoms with Crippen LogP contribution in [0.1, 0.15) is 0 Å². The number of aromatic nitrogens is 2. The highest BCUT2D eigenvalue weighted by molar-refractivity contribution is 5.85. The minimum absolute atomic E-state index is 0.0756. The van der Waals surface area contributed by atoms with Crippen LogP contribution in [0.25, 0.3) is 11.0 Å². The lowest BCUT2D eigenvalue weighted by atomic mass is 10.2.